The monoisotopic (exact) mass is 444 g/mol. The van der Waals surface area contributed by atoms with Crippen LogP contribution in [0.1, 0.15) is 61.4 Å². The maximum absolute atomic E-state index is 8.00. The molecular weight excluding hydrogens is 396 g/mol. The third-order valence-corrected chi connectivity index (χ3v) is 4.70. The van der Waals surface area contributed by atoms with Crippen LogP contribution in [0.2, 0.25) is 0 Å². The summed E-state index contributed by atoms with van der Waals surface area (Å²) in [5, 5.41) is 2.75. The summed E-state index contributed by atoms with van der Waals surface area (Å²) in [7, 11) is 3.75. The fourth-order valence-electron chi connectivity index (χ4n) is 3.02. The van der Waals surface area contributed by atoms with E-state index in [1.54, 1.807) is 5.56 Å². The molecule has 0 unspecified atom stereocenters. The van der Waals surface area contributed by atoms with Crippen LogP contribution in [0, 0.1) is 20.8 Å². The van der Waals surface area contributed by atoms with Gasteiger partial charge in [-0.15, -0.1) is 0 Å². The molecular formula is C28H48N2O2. The van der Waals surface area contributed by atoms with E-state index in [4.69, 9.17) is 9.59 Å². The van der Waals surface area contributed by atoms with Gasteiger partial charge in [0.25, 0.3) is 0 Å². The molecule has 2 aromatic carbocycles. The Hall–Kier alpha value is -2.30. The first-order chi connectivity index (χ1) is 15.5. The van der Waals surface area contributed by atoms with Gasteiger partial charge >= 0.3 is 0 Å². The van der Waals surface area contributed by atoms with Gasteiger partial charge in [0.1, 0.15) is 13.6 Å². The van der Waals surface area contributed by atoms with E-state index >= 15 is 0 Å². The smallest absolute Gasteiger partial charge is 0.106 e. The largest absolute Gasteiger partial charge is 0.323 e. The Morgan fingerprint density at radius 3 is 1.88 bits per heavy atom. The van der Waals surface area contributed by atoms with Crippen LogP contribution in [0.3, 0.4) is 0 Å². The van der Waals surface area contributed by atoms with E-state index in [2.05, 4.69) is 80.4 Å². The SMILES string of the molecule is C=O.C=O.CC.CCCCN1CCc2ccccc2C1.CNC.Cc1ccc(C)c(C)c1. The molecule has 182 valence electrons. The number of hydrogen-bond donors (Lipinski definition) is 1. The van der Waals surface area contributed by atoms with Crippen molar-refractivity contribution in [2.75, 3.05) is 27.2 Å². The first kappa shape index (κ1) is 34.3. The molecule has 4 heteroatoms. The van der Waals surface area contributed by atoms with E-state index in [1.807, 2.05) is 41.5 Å². The van der Waals surface area contributed by atoms with E-state index in [0.717, 1.165) is 6.54 Å². The molecule has 2 aromatic rings. The summed E-state index contributed by atoms with van der Waals surface area (Å²) in [5.41, 5.74) is 7.20. The van der Waals surface area contributed by atoms with Crippen molar-refractivity contribution in [3.8, 4) is 0 Å². The number of benzene rings is 2. The van der Waals surface area contributed by atoms with Gasteiger partial charge in [-0.05, 0) is 76.5 Å². The number of rotatable bonds is 3. The zero-order chi connectivity index (χ0) is 25.4. The van der Waals surface area contributed by atoms with Gasteiger partial charge in [-0.1, -0.05) is 75.2 Å². The normalized spacial score (nSPS) is 11.0. The summed E-state index contributed by atoms with van der Waals surface area (Å²) in [4.78, 5) is 18.6. The minimum absolute atomic E-state index is 1.16. The van der Waals surface area contributed by atoms with Gasteiger partial charge in [0.05, 0.1) is 0 Å². The lowest BCUT2D eigenvalue weighted by atomic mass is 10.00. The zero-order valence-corrected chi connectivity index (χ0v) is 22.0. The molecule has 1 N–H and O–H groups in total. The maximum atomic E-state index is 8.00. The van der Waals surface area contributed by atoms with Crippen LogP contribution in [0.15, 0.2) is 42.5 Å². The fraction of sp³-hybridized carbons (Fsp3) is 0.500. The van der Waals surface area contributed by atoms with Crippen LogP contribution in [-0.2, 0) is 22.6 Å². The van der Waals surface area contributed by atoms with Gasteiger partial charge in [0.2, 0.25) is 0 Å². The Labute approximate surface area is 198 Å². The second-order valence-corrected chi connectivity index (χ2v) is 7.24. The molecule has 1 aliphatic heterocycles. The van der Waals surface area contributed by atoms with E-state index in [9.17, 15) is 0 Å². The highest BCUT2D eigenvalue weighted by Gasteiger charge is 2.14. The molecule has 1 aliphatic rings. The van der Waals surface area contributed by atoms with Crippen LogP contribution >= 0.6 is 0 Å². The number of fused-ring (bicyclic) bond motifs is 1. The van der Waals surface area contributed by atoms with Crippen molar-refractivity contribution in [2.45, 2.75) is 67.3 Å². The molecule has 4 nitrogen and oxygen atoms in total. The number of carbonyl (C=O) groups excluding carboxylic acids is 2. The summed E-state index contributed by atoms with van der Waals surface area (Å²) in [5.74, 6) is 0. The first-order valence-electron chi connectivity index (χ1n) is 11.5. The predicted octanol–water partition coefficient (Wildman–Crippen LogP) is 5.95. The van der Waals surface area contributed by atoms with Crippen molar-refractivity contribution in [1.29, 1.82) is 0 Å². The molecule has 0 saturated heterocycles. The van der Waals surface area contributed by atoms with E-state index in [1.165, 1.54) is 54.6 Å². The highest BCUT2D eigenvalue weighted by molar-refractivity contribution is 5.29. The summed E-state index contributed by atoms with van der Waals surface area (Å²) >= 11 is 0. The second kappa shape index (κ2) is 25.0. The lowest BCUT2D eigenvalue weighted by Crippen LogP contribution is -2.31. The quantitative estimate of drug-likeness (QED) is 0.636. The average Bonchev–Trinajstić information content (AvgIpc) is 2.85. The molecule has 0 bridgehead atoms. The number of nitrogens with one attached hydrogen (secondary N) is 1. The number of aryl methyl sites for hydroxylation is 3. The van der Waals surface area contributed by atoms with Crippen LogP contribution in [0.4, 0.5) is 0 Å². The van der Waals surface area contributed by atoms with Gasteiger partial charge in [0.15, 0.2) is 0 Å². The molecule has 0 radical (unpaired) electrons. The van der Waals surface area contributed by atoms with Crippen molar-refractivity contribution in [3.05, 3.63) is 70.3 Å². The molecule has 0 aliphatic carbocycles. The Balaban J connectivity index is -0.000000404. The van der Waals surface area contributed by atoms with Gasteiger partial charge in [-0.25, -0.2) is 0 Å². The topological polar surface area (TPSA) is 49.4 Å². The molecule has 0 amide bonds. The van der Waals surface area contributed by atoms with Crippen LogP contribution in [-0.4, -0.2) is 45.7 Å². The highest BCUT2D eigenvalue weighted by Crippen LogP contribution is 2.18. The van der Waals surface area contributed by atoms with Crippen molar-refractivity contribution in [3.63, 3.8) is 0 Å². The molecule has 1 heterocycles. The van der Waals surface area contributed by atoms with Gasteiger partial charge in [-0.3, -0.25) is 4.90 Å². The Morgan fingerprint density at radius 1 is 0.875 bits per heavy atom. The van der Waals surface area contributed by atoms with Crippen LogP contribution < -0.4 is 5.32 Å². The summed E-state index contributed by atoms with van der Waals surface area (Å²) in [6.07, 6.45) is 3.88. The number of carbonyl (C=O) groups is 2. The van der Waals surface area contributed by atoms with Crippen molar-refractivity contribution < 1.29 is 9.59 Å². The molecule has 0 spiro atoms. The molecule has 3 rings (SSSR count). The summed E-state index contributed by atoms with van der Waals surface area (Å²) in [6, 6.07) is 15.4. The van der Waals surface area contributed by atoms with Crippen molar-refractivity contribution in [1.82, 2.24) is 10.2 Å². The molecule has 0 atom stereocenters. The zero-order valence-electron chi connectivity index (χ0n) is 22.0. The summed E-state index contributed by atoms with van der Waals surface area (Å²) < 4.78 is 0. The van der Waals surface area contributed by atoms with Gasteiger partial charge in [-0.2, -0.15) is 0 Å². The van der Waals surface area contributed by atoms with E-state index in [-0.39, 0.29) is 0 Å². The molecule has 0 aromatic heterocycles. The van der Waals surface area contributed by atoms with E-state index < -0.39 is 0 Å². The fourth-order valence-corrected chi connectivity index (χ4v) is 3.02. The van der Waals surface area contributed by atoms with Gasteiger partial charge < -0.3 is 14.9 Å². The molecule has 32 heavy (non-hydrogen) atoms. The Morgan fingerprint density at radius 2 is 1.41 bits per heavy atom. The standard InChI is InChI=1S/C13H19N.C9H12.C2H7N.C2H6.2CH2O/c1-2-3-9-14-10-8-12-6-4-5-7-13(12)11-14;1-7-4-5-8(2)9(3)6-7;1-3-2;3*1-2/h4-7H,2-3,8-11H2,1H3;4-6H,1-3H3;3H,1-2H3;1-2H3;2*1H2. The predicted molar refractivity (Wildman–Crippen MR) is 142 cm³/mol. The molecule has 0 saturated carbocycles. The van der Waals surface area contributed by atoms with Crippen LogP contribution in [0.25, 0.3) is 0 Å². The second-order valence-electron chi connectivity index (χ2n) is 7.24. The third-order valence-electron chi connectivity index (χ3n) is 4.70. The maximum Gasteiger partial charge on any atom is 0.106 e. The van der Waals surface area contributed by atoms with E-state index in [0.29, 0.717) is 0 Å². The lowest BCUT2D eigenvalue weighted by molar-refractivity contribution is -0.0987. The minimum atomic E-state index is 1.16. The molecule has 0 fully saturated rings. The number of hydrogen-bond acceptors (Lipinski definition) is 4. The summed E-state index contributed by atoms with van der Waals surface area (Å²) in [6.45, 7) is 20.3. The number of unbranched alkanes of at least 4 members (excludes halogenated alkanes) is 1. The van der Waals surface area contributed by atoms with Crippen LogP contribution in [0.5, 0.6) is 0 Å². The van der Waals surface area contributed by atoms with Crippen molar-refractivity contribution >= 4 is 13.6 Å². The average molecular weight is 445 g/mol. The lowest BCUT2D eigenvalue weighted by Gasteiger charge is -2.28. The highest BCUT2D eigenvalue weighted by atomic mass is 16.1. The Kier molecular flexibility index (Phi) is 26.8. The first-order valence-corrected chi connectivity index (χ1v) is 11.5. The van der Waals surface area contributed by atoms with Crippen molar-refractivity contribution in [2.24, 2.45) is 0 Å². The Bertz CT molecular complexity index is 672. The van der Waals surface area contributed by atoms with Gasteiger partial charge in [0, 0.05) is 13.1 Å². The third kappa shape index (κ3) is 16.4. The minimum Gasteiger partial charge on any atom is -0.323 e. The number of nitrogens with zero attached hydrogens (tertiary/aromatic N) is 1.